The van der Waals surface area contributed by atoms with Gasteiger partial charge in [-0.15, -0.1) is 0 Å². The van der Waals surface area contributed by atoms with E-state index in [1.807, 2.05) is 6.08 Å². The maximum Gasteiger partial charge on any atom is 0.127 e. The van der Waals surface area contributed by atoms with Crippen LogP contribution in [0.3, 0.4) is 0 Å². The summed E-state index contributed by atoms with van der Waals surface area (Å²) in [4.78, 5) is 8.25. The summed E-state index contributed by atoms with van der Waals surface area (Å²) in [7, 11) is 1.78. The van der Waals surface area contributed by atoms with Crippen LogP contribution >= 0.6 is 0 Å². The lowest BCUT2D eigenvalue weighted by atomic mass is 9.88. The Morgan fingerprint density at radius 1 is 1.41 bits per heavy atom. The minimum absolute atomic E-state index is 0.00844. The summed E-state index contributed by atoms with van der Waals surface area (Å²) in [5.74, 6) is 0.734. The molecular weight excluding hydrogens is 214 g/mol. The van der Waals surface area contributed by atoms with Crippen LogP contribution in [0.5, 0.6) is 0 Å². The molecule has 1 saturated carbocycles. The molecule has 1 fully saturated rings. The van der Waals surface area contributed by atoms with E-state index in [0.29, 0.717) is 6.04 Å². The predicted octanol–water partition coefficient (Wildman–Crippen LogP) is 1.76. The SMILES string of the molecule is C=N/C(=C\C(=N/C)C(C)(C)C)N[C@H]1C[C@H](O)C1. The van der Waals surface area contributed by atoms with Gasteiger partial charge >= 0.3 is 0 Å². The fourth-order valence-electron chi connectivity index (χ4n) is 1.79. The topological polar surface area (TPSA) is 57.0 Å². The summed E-state index contributed by atoms with van der Waals surface area (Å²) in [6.07, 6.45) is 3.32. The Morgan fingerprint density at radius 2 is 2.00 bits per heavy atom. The molecule has 96 valence electrons. The van der Waals surface area contributed by atoms with Gasteiger partial charge in [0.2, 0.25) is 0 Å². The first-order valence-corrected chi connectivity index (χ1v) is 5.97. The molecule has 0 aromatic rings. The largest absolute Gasteiger partial charge is 0.393 e. The third kappa shape index (κ3) is 3.97. The highest BCUT2D eigenvalue weighted by Crippen LogP contribution is 2.22. The quantitative estimate of drug-likeness (QED) is 0.732. The molecule has 4 nitrogen and oxygen atoms in total. The molecule has 0 aromatic heterocycles. The van der Waals surface area contributed by atoms with Gasteiger partial charge in [-0.05, 0) is 19.6 Å². The van der Waals surface area contributed by atoms with Gasteiger partial charge in [0.15, 0.2) is 0 Å². The van der Waals surface area contributed by atoms with E-state index in [9.17, 15) is 5.11 Å². The zero-order valence-electron chi connectivity index (χ0n) is 11.2. The van der Waals surface area contributed by atoms with Crippen LogP contribution in [-0.4, -0.2) is 36.7 Å². The van der Waals surface area contributed by atoms with E-state index in [-0.39, 0.29) is 11.5 Å². The summed E-state index contributed by atoms with van der Waals surface area (Å²) in [5.41, 5.74) is 0.971. The molecular formula is C13H23N3O. The van der Waals surface area contributed by atoms with Crippen LogP contribution in [0.4, 0.5) is 0 Å². The summed E-state index contributed by atoms with van der Waals surface area (Å²) >= 11 is 0. The Kier molecular flexibility index (Phi) is 4.46. The van der Waals surface area contributed by atoms with Gasteiger partial charge in [0, 0.05) is 30.3 Å². The first kappa shape index (κ1) is 13.9. The molecule has 0 heterocycles. The molecule has 0 saturated heterocycles. The molecule has 0 bridgehead atoms. The van der Waals surface area contributed by atoms with Gasteiger partial charge in [-0.25, -0.2) is 4.99 Å². The highest BCUT2D eigenvalue weighted by Gasteiger charge is 2.27. The highest BCUT2D eigenvalue weighted by atomic mass is 16.3. The molecule has 0 amide bonds. The second-order valence-corrected chi connectivity index (χ2v) is 5.51. The normalized spacial score (nSPS) is 26.4. The average molecular weight is 237 g/mol. The number of nitrogens with one attached hydrogen (secondary N) is 1. The summed E-state index contributed by atoms with van der Waals surface area (Å²) in [5, 5.41) is 12.5. The molecule has 0 unspecified atom stereocenters. The Hall–Kier alpha value is -1.16. The Balaban J connectivity index is 2.69. The van der Waals surface area contributed by atoms with Crippen molar-refractivity contribution in [3.05, 3.63) is 11.9 Å². The Morgan fingerprint density at radius 3 is 2.35 bits per heavy atom. The number of aliphatic hydroxyl groups is 1. The number of nitrogens with zero attached hydrogens (tertiary/aromatic N) is 2. The fraction of sp³-hybridized carbons (Fsp3) is 0.692. The molecule has 2 N–H and O–H groups in total. The Bertz CT molecular complexity index is 333. The van der Waals surface area contributed by atoms with E-state index in [1.54, 1.807) is 7.05 Å². The molecule has 0 atom stereocenters. The molecule has 0 radical (unpaired) electrons. The lowest BCUT2D eigenvalue weighted by Gasteiger charge is -2.33. The zero-order valence-corrected chi connectivity index (χ0v) is 11.2. The van der Waals surface area contributed by atoms with Crippen molar-refractivity contribution in [2.45, 2.75) is 45.8 Å². The number of hydrogen-bond acceptors (Lipinski definition) is 4. The van der Waals surface area contributed by atoms with E-state index >= 15 is 0 Å². The van der Waals surface area contributed by atoms with Crippen LogP contribution in [0.1, 0.15) is 33.6 Å². The second kappa shape index (κ2) is 5.45. The van der Waals surface area contributed by atoms with Gasteiger partial charge in [0.1, 0.15) is 5.82 Å². The monoisotopic (exact) mass is 237 g/mol. The number of aliphatic hydroxyl groups excluding tert-OH is 1. The van der Waals surface area contributed by atoms with Gasteiger partial charge in [-0.2, -0.15) is 0 Å². The lowest BCUT2D eigenvalue weighted by Crippen LogP contribution is -2.43. The van der Waals surface area contributed by atoms with E-state index in [1.165, 1.54) is 0 Å². The molecule has 1 aliphatic carbocycles. The zero-order chi connectivity index (χ0) is 13.1. The van der Waals surface area contributed by atoms with Gasteiger partial charge in [0.25, 0.3) is 0 Å². The van der Waals surface area contributed by atoms with Crippen molar-refractivity contribution in [3.63, 3.8) is 0 Å². The van der Waals surface area contributed by atoms with Crippen molar-refractivity contribution in [2.24, 2.45) is 15.4 Å². The minimum atomic E-state index is -0.166. The van der Waals surface area contributed by atoms with Crippen LogP contribution in [-0.2, 0) is 0 Å². The molecule has 0 aromatic carbocycles. The van der Waals surface area contributed by atoms with Gasteiger partial charge < -0.3 is 10.4 Å². The Labute approximate surface area is 104 Å². The molecule has 0 spiro atoms. The summed E-state index contributed by atoms with van der Waals surface area (Å²) in [6.45, 7) is 9.89. The highest BCUT2D eigenvalue weighted by molar-refractivity contribution is 5.99. The number of aliphatic imine (C=N–C) groups is 2. The van der Waals surface area contributed by atoms with E-state index in [2.05, 4.69) is 42.8 Å². The summed E-state index contributed by atoms with van der Waals surface area (Å²) in [6, 6.07) is 0.305. The minimum Gasteiger partial charge on any atom is -0.393 e. The maximum atomic E-state index is 9.23. The predicted molar refractivity (Wildman–Crippen MR) is 72.6 cm³/mol. The van der Waals surface area contributed by atoms with Crippen LogP contribution in [0.15, 0.2) is 21.9 Å². The van der Waals surface area contributed by atoms with E-state index in [0.717, 1.165) is 24.4 Å². The van der Waals surface area contributed by atoms with Crippen molar-refractivity contribution < 1.29 is 5.11 Å². The van der Waals surface area contributed by atoms with Gasteiger partial charge in [0.05, 0.1) is 6.10 Å². The van der Waals surface area contributed by atoms with Gasteiger partial charge in [-0.1, -0.05) is 20.8 Å². The smallest absolute Gasteiger partial charge is 0.127 e. The summed E-state index contributed by atoms with van der Waals surface area (Å²) < 4.78 is 0. The molecule has 0 aliphatic heterocycles. The van der Waals surface area contributed by atoms with Crippen LogP contribution in [0.2, 0.25) is 0 Å². The standard InChI is InChI=1S/C13H23N3O/c1-13(2,3)11(14-4)8-12(15-5)16-9-6-10(17)7-9/h8-10,16-17H,5-7H2,1-4H3/b12-8+,14-11+/t9-,10-. The number of rotatable bonds is 4. The number of allylic oxidation sites excluding steroid dienone is 1. The molecule has 17 heavy (non-hydrogen) atoms. The number of hydrogen-bond donors (Lipinski definition) is 2. The molecule has 4 heteroatoms. The van der Waals surface area contributed by atoms with Gasteiger partial charge in [-0.3, -0.25) is 4.99 Å². The maximum absolute atomic E-state index is 9.23. The van der Waals surface area contributed by atoms with Crippen molar-refractivity contribution in [1.29, 1.82) is 0 Å². The first-order chi connectivity index (χ1) is 7.86. The molecule has 1 rings (SSSR count). The third-order valence-corrected chi connectivity index (χ3v) is 2.92. The molecule has 1 aliphatic rings. The van der Waals surface area contributed by atoms with E-state index in [4.69, 9.17) is 0 Å². The van der Waals surface area contributed by atoms with Crippen LogP contribution in [0, 0.1) is 5.41 Å². The lowest BCUT2D eigenvalue weighted by molar-refractivity contribution is 0.0664. The fourth-order valence-corrected chi connectivity index (χ4v) is 1.79. The average Bonchev–Trinajstić information content (AvgIpc) is 2.19. The van der Waals surface area contributed by atoms with Crippen LogP contribution in [0.25, 0.3) is 0 Å². The van der Waals surface area contributed by atoms with Crippen molar-refractivity contribution in [1.82, 2.24) is 5.32 Å². The third-order valence-electron chi connectivity index (χ3n) is 2.92. The second-order valence-electron chi connectivity index (χ2n) is 5.51. The van der Waals surface area contributed by atoms with Crippen molar-refractivity contribution >= 4 is 12.4 Å². The first-order valence-electron chi connectivity index (χ1n) is 5.97. The van der Waals surface area contributed by atoms with Crippen molar-refractivity contribution in [2.75, 3.05) is 7.05 Å². The van der Waals surface area contributed by atoms with E-state index < -0.39 is 0 Å². The van der Waals surface area contributed by atoms with Crippen LogP contribution < -0.4 is 5.32 Å². The van der Waals surface area contributed by atoms with Crippen molar-refractivity contribution in [3.8, 4) is 0 Å².